The van der Waals surface area contributed by atoms with Gasteiger partial charge in [0, 0.05) is 24.3 Å². The molecule has 0 fully saturated rings. The van der Waals surface area contributed by atoms with Gasteiger partial charge in [-0.25, -0.2) is 15.0 Å². The van der Waals surface area contributed by atoms with Crippen molar-refractivity contribution >= 4 is 0 Å². The lowest BCUT2D eigenvalue weighted by atomic mass is 10.2. The van der Waals surface area contributed by atoms with Crippen LogP contribution in [0.25, 0.3) is 22.9 Å². The lowest BCUT2D eigenvalue weighted by Crippen LogP contribution is -2.12. The van der Waals surface area contributed by atoms with Crippen molar-refractivity contribution in [3.05, 3.63) is 72.5 Å². The first-order chi connectivity index (χ1) is 13.2. The molecule has 0 radical (unpaired) electrons. The van der Waals surface area contributed by atoms with Gasteiger partial charge in [0.2, 0.25) is 5.95 Å². The molecule has 0 saturated carbocycles. The van der Waals surface area contributed by atoms with Gasteiger partial charge < -0.3 is 9.55 Å². The molecule has 0 bridgehead atoms. The minimum Gasteiger partial charge on any atom is -0.344 e. The Kier molecular flexibility index (Phi) is 4.50. The van der Waals surface area contributed by atoms with E-state index in [1.165, 1.54) is 6.07 Å². The van der Waals surface area contributed by atoms with E-state index in [-0.39, 0.29) is 6.04 Å². The van der Waals surface area contributed by atoms with Crippen molar-refractivity contribution in [1.29, 1.82) is 0 Å². The molecule has 136 valence electrons. The molecule has 0 amide bonds. The summed E-state index contributed by atoms with van der Waals surface area (Å²) in [7, 11) is 0. The number of aromatic nitrogens is 6. The molecule has 0 aliphatic heterocycles. The summed E-state index contributed by atoms with van der Waals surface area (Å²) in [6.07, 6.45) is 6.10. The smallest absolute Gasteiger partial charge is 0.213 e. The maximum Gasteiger partial charge on any atom is 0.213 e. The Labute approximate surface area is 156 Å². The first kappa shape index (κ1) is 17.1. The van der Waals surface area contributed by atoms with Crippen LogP contribution in [0, 0.1) is 12.9 Å². The van der Waals surface area contributed by atoms with Crippen LogP contribution in [0.1, 0.15) is 30.9 Å². The van der Waals surface area contributed by atoms with Gasteiger partial charge in [-0.05, 0) is 37.6 Å². The SMILES string of the molecule is CCC(c1nc(-c2ccccn2)c(C)[nH]1)n1ccnc1-c1cccc(F)n1. The summed E-state index contributed by atoms with van der Waals surface area (Å²) in [6, 6.07) is 10.4. The molecule has 0 aliphatic carbocycles. The van der Waals surface area contributed by atoms with E-state index in [0.29, 0.717) is 11.5 Å². The Morgan fingerprint density at radius 2 is 1.89 bits per heavy atom. The summed E-state index contributed by atoms with van der Waals surface area (Å²) in [6.45, 7) is 4.06. The number of hydrogen-bond acceptors (Lipinski definition) is 4. The number of rotatable bonds is 5. The van der Waals surface area contributed by atoms with Gasteiger partial charge in [-0.15, -0.1) is 0 Å². The fourth-order valence-corrected chi connectivity index (χ4v) is 3.21. The molecular formula is C20H19FN6. The molecule has 6 nitrogen and oxygen atoms in total. The first-order valence-electron chi connectivity index (χ1n) is 8.81. The average molecular weight is 362 g/mol. The second-order valence-electron chi connectivity index (χ2n) is 6.24. The van der Waals surface area contributed by atoms with E-state index in [2.05, 4.69) is 26.9 Å². The number of imidazole rings is 2. The van der Waals surface area contributed by atoms with Gasteiger partial charge in [0.1, 0.15) is 17.2 Å². The second-order valence-corrected chi connectivity index (χ2v) is 6.24. The molecule has 4 heterocycles. The minimum absolute atomic E-state index is 0.0799. The Bertz CT molecular complexity index is 1050. The van der Waals surface area contributed by atoms with Gasteiger partial charge in [0.05, 0.1) is 11.7 Å². The molecule has 7 heteroatoms. The summed E-state index contributed by atoms with van der Waals surface area (Å²) in [5.41, 5.74) is 3.10. The van der Waals surface area contributed by atoms with Gasteiger partial charge in [0.15, 0.2) is 5.82 Å². The summed E-state index contributed by atoms with van der Waals surface area (Å²) in [4.78, 5) is 20.9. The van der Waals surface area contributed by atoms with E-state index in [1.807, 2.05) is 35.9 Å². The van der Waals surface area contributed by atoms with Crippen molar-refractivity contribution in [3.8, 4) is 22.9 Å². The standard InChI is InChI=1S/C20H19FN6/c1-3-16(19-24-13(2)18(26-19)14-7-4-5-10-22-14)27-12-11-23-20(27)15-8-6-9-17(21)25-15/h4-12,16H,3H2,1-2H3,(H,24,26). The number of nitrogens with zero attached hydrogens (tertiary/aromatic N) is 5. The van der Waals surface area contributed by atoms with E-state index >= 15 is 0 Å². The third-order valence-corrected chi connectivity index (χ3v) is 4.46. The molecule has 1 N–H and O–H groups in total. The van der Waals surface area contributed by atoms with Gasteiger partial charge >= 0.3 is 0 Å². The van der Waals surface area contributed by atoms with Crippen molar-refractivity contribution < 1.29 is 4.39 Å². The summed E-state index contributed by atoms with van der Waals surface area (Å²) in [5, 5.41) is 0. The number of halogens is 1. The fraction of sp³-hybridized carbons (Fsp3) is 0.200. The third kappa shape index (κ3) is 3.23. The Hall–Kier alpha value is -3.35. The summed E-state index contributed by atoms with van der Waals surface area (Å²) < 4.78 is 15.5. The van der Waals surface area contributed by atoms with E-state index in [0.717, 1.165) is 29.3 Å². The number of nitrogens with one attached hydrogen (secondary N) is 1. The molecule has 0 aromatic carbocycles. The van der Waals surface area contributed by atoms with Crippen LogP contribution in [0.4, 0.5) is 4.39 Å². The molecule has 0 aliphatic rings. The highest BCUT2D eigenvalue weighted by atomic mass is 19.1. The highest BCUT2D eigenvalue weighted by molar-refractivity contribution is 5.57. The number of aromatic amines is 1. The molecule has 0 saturated heterocycles. The van der Waals surface area contributed by atoms with E-state index in [9.17, 15) is 4.39 Å². The predicted octanol–water partition coefficient (Wildman–Crippen LogP) is 4.18. The summed E-state index contributed by atoms with van der Waals surface area (Å²) in [5.74, 6) is 0.891. The van der Waals surface area contributed by atoms with Crippen LogP contribution in [-0.2, 0) is 0 Å². The molecule has 1 unspecified atom stereocenters. The van der Waals surface area contributed by atoms with E-state index in [4.69, 9.17) is 4.98 Å². The Balaban J connectivity index is 1.76. The molecular weight excluding hydrogens is 343 g/mol. The van der Waals surface area contributed by atoms with Crippen LogP contribution in [0.5, 0.6) is 0 Å². The topological polar surface area (TPSA) is 72.3 Å². The van der Waals surface area contributed by atoms with Crippen LogP contribution in [0.2, 0.25) is 0 Å². The molecule has 27 heavy (non-hydrogen) atoms. The zero-order chi connectivity index (χ0) is 18.8. The quantitative estimate of drug-likeness (QED) is 0.541. The number of aryl methyl sites for hydroxylation is 1. The number of hydrogen-bond donors (Lipinski definition) is 1. The van der Waals surface area contributed by atoms with E-state index in [1.54, 1.807) is 24.5 Å². The Morgan fingerprint density at radius 3 is 2.63 bits per heavy atom. The maximum atomic E-state index is 13.6. The predicted molar refractivity (Wildman–Crippen MR) is 100 cm³/mol. The van der Waals surface area contributed by atoms with Gasteiger partial charge in [-0.3, -0.25) is 4.98 Å². The molecule has 4 rings (SSSR count). The third-order valence-electron chi connectivity index (χ3n) is 4.46. The lowest BCUT2D eigenvalue weighted by Gasteiger charge is -2.17. The van der Waals surface area contributed by atoms with Crippen LogP contribution < -0.4 is 0 Å². The minimum atomic E-state index is -0.527. The average Bonchev–Trinajstić information content (AvgIpc) is 3.31. The van der Waals surface area contributed by atoms with Gasteiger partial charge in [-0.2, -0.15) is 4.39 Å². The van der Waals surface area contributed by atoms with Crippen LogP contribution >= 0.6 is 0 Å². The molecule has 4 aromatic heterocycles. The van der Waals surface area contributed by atoms with Crippen molar-refractivity contribution in [3.63, 3.8) is 0 Å². The normalized spacial score (nSPS) is 12.3. The van der Waals surface area contributed by atoms with Crippen molar-refractivity contribution in [2.24, 2.45) is 0 Å². The van der Waals surface area contributed by atoms with E-state index < -0.39 is 5.95 Å². The fourth-order valence-electron chi connectivity index (χ4n) is 3.21. The Morgan fingerprint density at radius 1 is 1.04 bits per heavy atom. The van der Waals surface area contributed by atoms with Crippen LogP contribution in [0.3, 0.4) is 0 Å². The largest absolute Gasteiger partial charge is 0.344 e. The van der Waals surface area contributed by atoms with Crippen molar-refractivity contribution in [1.82, 2.24) is 29.5 Å². The number of pyridine rings is 2. The highest BCUT2D eigenvalue weighted by Crippen LogP contribution is 2.28. The summed E-state index contributed by atoms with van der Waals surface area (Å²) >= 11 is 0. The molecule has 4 aromatic rings. The zero-order valence-corrected chi connectivity index (χ0v) is 15.1. The maximum absolute atomic E-state index is 13.6. The highest BCUT2D eigenvalue weighted by Gasteiger charge is 2.22. The lowest BCUT2D eigenvalue weighted by molar-refractivity contribution is 0.541. The van der Waals surface area contributed by atoms with Crippen molar-refractivity contribution in [2.75, 3.05) is 0 Å². The van der Waals surface area contributed by atoms with Crippen molar-refractivity contribution in [2.45, 2.75) is 26.3 Å². The first-order valence-corrected chi connectivity index (χ1v) is 8.81. The van der Waals surface area contributed by atoms with Gasteiger partial charge in [0.25, 0.3) is 0 Å². The monoisotopic (exact) mass is 362 g/mol. The zero-order valence-electron chi connectivity index (χ0n) is 15.1. The van der Waals surface area contributed by atoms with Crippen LogP contribution in [-0.4, -0.2) is 29.5 Å². The molecule has 0 spiro atoms. The number of H-pyrrole nitrogens is 1. The second kappa shape index (κ2) is 7.11. The molecule has 1 atom stereocenters. The van der Waals surface area contributed by atoms with Gasteiger partial charge in [-0.1, -0.05) is 19.1 Å². The van der Waals surface area contributed by atoms with Crippen LogP contribution in [0.15, 0.2) is 55.0 Å².